The number of hydrogen-bond donors (Lipinski definition) is 1. The molecular formula is C18H18N4O3. The zero-order chi connectivity index (χ0) is 17.4. The van der Waals surface area contributed by atoms with E-state index >= 15 is 0 Å². The van der Waals surface area contributed by atoms with E-state index < -0.39 is 5.97 Å². The van der Waals surface area contributed by atoms with Gasteiger partial charge in [0.25, 0.3) is 5.71 Å². The van der Waals surface area contributed by atoms with Gasteiger partial charge in [-0.25, -0.2) is 4.98 Å². The first-order chi connectivity index (χ1) is 12.1. The number of nitrogens with zero attached hydrogens (tertiary/aromatic N) is 4. The maximum absolute atomic E-state index is 11.2. The van der Waals surface area contributed by atoms with E-state index in [1.165, 1.54) is 11.9 Å². The zero-order valence-corrected chi connectivity index (χ0v) is 13.8. The van der Waals surface area contributed by atoms with Crippen molar-refractivity contribution < 1.29 is 14.4 Å². The third-order valence-electron chi connectivity index (χ3n) is 4.72. The Labute approximate surface area is 144 Å². The Balaban J connectivity index is 1.74. The second-order valence-corrected chi connectivity index (χ2v) is 6.37. The molecule has 25 heavy (non-hydrogen) atoms. The Morgan fingerprint density at radius 3 is 2.60 bits per heavy atom. The van der Waals surface area contributed by atoms with Crippen molar-refractivity contribution in [3.8, 4) is 11.3 Å². The topological polar surface area (TPSA) is 92.4 Å². The molecule has 7 heteroatoms. The number of aryl methyl sites for hydroxylation is 1. The van der Waals surface area contributed by atoms with Gasteiger partial charge in [-0.15, -0.1) is 0 Å². The molecule has 1 aliphatic rings. The maximum atomic E-state index is 11.2. The number of fused-ring (bicyclic) bond motifs is 1. The molecule has 1 fully saturated rings. The monoisotopic (exact) mass is 338 g/mol. The summed E-state index contributed by atoms with van der Waals surface area (Å²) in [6, 6.07) is 8.05. The average Bonchev–Trinajstić information content (AvgIpc) is 3.07. The van der Waals surface area contributed by atoms with Crippen LogP contribution in [0, 0.1) is 12.8 Å². The van der Waals surface area contributed by atoms with Crippen LogP contribution in [0.4, 0.5) is 5.82 Å². The number of benzene rings is 1. The van der Waals surface area contributed by atoms with E-state index in [0.29, 0.717) is 37.3 Å². The van der Waals surface area contributed by atoms with Crippen LogP contribution in [0.2, 0.25) is 0 Å². The molecule has 1 aromatic carbocycles. The van der Waals surface area contributed by atoms with E-state index in [0.717, 1.165) is 16.8 Å². The molecule has 3 aromatic rings. The van der Waals surface area contributed by atoms with Crippen molar-refractivity contribution in [2.24, 2.45) is 5.92 Å². The summed E-state index contributed by atoms with van der Waals surface area (Å²) in [4.78, 5) is 21.9. The Kier molecular flexibility index (Phi) is 3.83. The molecule has 0 spiro atoms. The lowest BCUT2D eigenvalue weighted by Crippen LogP contribution is -2.36. The van der Waals surface area contributed by atoms with Crippen molar-refractivity contribution in [1.29, 1.82) is 0 Å². The molecule has 2 aromatic heterocycles. The van der Waals surface area contributed by atoms with Gasteiger partial charge in [-0.3, -0.25) is 4.79 Å². The van der Waals surface area contributed by atoms with Crippen LogP contribution < -0.4 is 4.90 Å². The summed E-state index contributed by atoms with van der Waals surface area (Å²) in [5, 5.41) is 14.2. The molecule has 4 rings (SSSR count). The van der Waals surface area contributed by atoms with Gasteiger partial charge in [-0.05, 0) is 19.8 Å². The molecule has 0 saturated carbocycles. The van der Waals surface area contributed by atoms with Crippen LogP contribution >= 0.6 is 0 Å². The van der Waals surface area contributed by atoms with Crippen molar-refractivity contribution in [3.05, 3.63) is 36.2 Å². The number of carboxylic acids is 1. The van der Waals surface area contributed by atoms with Gasteiger partial charge in [0.1, 0.15) is 23.2 Å². The first kappa shape index (κ1) is 15.6. The van der Waals surface area contributed by atoms with Gasteiger partial charge in [-0.1, -0.05) is 35.0 Å². The molecule has 1 N–H and O–H groups in total. The molecule has 1 saturated heterocycles. The van der Waals surface area contributed by atoms with Gasteiger partial charge in [0, 0.05) is 18.7 Å². The minimum atomic E-state index is -0.724. The normalized spacial score (nSPS) is 15.6. The Hall–Kier alpha value is -2.96. The molecule has 0 radical (unpaired) electrons. The summed E-state index contributed by atoms with van der Waals surface area (Å²) >= 11 is 0. The van der Waals surface area contributed by atoms with Gasteiger partial charge in [0.05, 0.1) is 5.92 Å². The molecule has 3 heterocycles. The Morgan fingerprint density at radius 2 is 1.92 bits per heavy atom. The fraction of sp³-hybridized carbons (Fsp3) is 0.333. The van der Waals surface area contributed by atoms with E-state index in [1.807, 2.05) is 31.2 Å². The van der Waals surface area contributed by atoms with Crippen molar-refractivity contribution in [2.75, 3.05) is 18.0 Å². The van der Waals surface area contributed by atoms with Crippen LogP contribution in [0.3, 0.4) is 0 Å². The molecule has 0 unspecified atom stereocenters. The number of aliphatic carboxylic acids is 1. The molecule has 0 aliphatic carbocycles. The molecule has 0 atom stereocenters. The van der Waals surface area contributed by atoms with Gasteiger partial charge < -0.3 is 14.5 Å². The minimum Gasteiger partial charge on any atom is -0.481 e. The first-order valence-electron chi connectivity index (χ1n) is 8.28. The van der Waals surface area contributed by atoms with Crippen LogP contribution in [0.1, 0.15) is 18.4 Å². The van der Waals surface area contributed by atoms with Crippen molar-refractivity contribution in [3.63, 3.8) is 0 Å². The van der Waals surface area contributed by atoms with Gasteiger partial charge in [0.2, 0.25) is 0 Å². The lowest BCUT2D eigenvalue weighted by molar-refractivity contribution is -0.142. The molecule has 0 bridgehead atoms. The summed E-state index contributed by atoms with van der Waals surface area (Å²) in [5.74, 6) is -0.254. The fourth-order valence-corrected chi connectivity index (χ4v) is 3.26. The molecule has 7 nitrogen and oxygen atoms in total. The van der Waals surface area contributed by atoms with Crippen LogP contribution in [-0.4, -0.2) is 39.3 Å². The number of carboxylic acid groups (broad SMARTS) is 1. The average molecular weight is 338 g/mol. The van der Waals surface area contributed by atoms with Crippen LogP contribution in [0.25, 0.3) is 22.4 Å². The zero-order valence-electron chi connectivity index (χ0n) is 13.8. The first-order valence-corrected chi connectivity index (χ1v) is 8.28. The van der Waals surface area contributed by atoms with Crippen LogP contribution in [0.5, 0.6) is 0 Å². The smallest absolute Gasteiger partial charge is 0.306 e. The molecule has 0 amide bonds. The van der Waals surface area contributed by atoms with E-state index in [1.54, 1.807) is 0 Å². The quantitative estimate of drug-likeness (QED) is 0.785. The Morgan fingerprint density at radius 1 is 1.20 bits per heavy atom. The van der Waals surface area contributed by atoms with E-state index in [4.69, 9.17) is 4.52 Å². The van der Waals surface area contributed by atoms with E-state index in [-0.39, 0.29) is 5.92 Å². The van der Waals surface area contributed by atoms with Gasteiger partial charge >= 0.3 is 5.97 Å². The second-order valence-electron chi connectivity index (χ2n) is 6.37. The van der Waals surface area contributed by atoms with E-state index in [9.17, 15) is 9.90 Å². The van der Waals surface area contributed by atoms with Gasteiger partial charge in [-0.2, -0.15) is 4.98 Å². The standard InChI is InChI=1S/C18H18N4O3/c1-11-2-4-12(5-3-11)15-14-16(19-10-20-17(14)25-21-15)22-8-6-13(7-9-22)18(23)24/h2-5,10,13H,6-9H2,1H3,(H,23,24). The van der Waals surface area contributed by atoms with Crippen molar-refractivity contribution in [1.82, 2.24) is 15.1 Å². The summed E-state index contributed by atoms with van der Waals surface area (Å²) < 4.78 is 5.40. The lowest BCUT2D eigenvalue weighted by atomic mass is 9.97. The second kappa shape index (κ2) is 6.16. The highest BCUT2D eigenvalue weighted by atomic mass is 16.5. The number of anilines is 1. The van der Waals surface area contributed by atoms with Crippen LogP contribution in [0.15, 0.2) is 35.1 Å². The number of piperidine rings is 1. The minimum absolute atomic E-state index is 0.285. The maximum Gasteiger partial charge on any atom is 0.306 e. The summed E-state index contributed by atoms with van der Waals surface area (Å²) in [5.41, 5.74) is 3.27. The third kappa shape index (κ3) is 2.82. The van der Waals surface area contributed by atoms with E-state index in [2.05, 4.69) is 20.0 Å². The third-order valence-corrected chi connectivity index (χ3v) is 4.72. The molecular weight excluding hydrogens is 320 g/mol. The number of carbonyl (C=O) groups is 1. The Bertz CT molecular complexity index is 912. The number of rotatable bonds is 3. The molecule has 1 aliphatic heterocycles. The molecule has 128 valence electrons. The highest BCUT2D eigenvalue weighted by Gasteiger charge is 2.28. The SMILES string of the molecule is Cc1ccc(-c2noc3ncnc(N4CCC(C(=O)O)CC4)c23)cc1. The predicted molar refractivity (Wildman–Crippen MR) is 92.3 cm³/mol. The number of hydrogen-bond acceptors (Lipinski definition) is 6. The van der Waals surface area contributed by atoms with Gasteiger partial charge in [0.15, 0.2) is 0 Å². The largest absolute Gasteiger partial charge is 0.481 e. The summed E-state index contributed by atoms with van der Waals surface area (Å²) in [6.07, 6.45) is 2.67. The summed E-state index contributed by atoms with van der Waals surface area (Å²) in [6.45, 7) is 3.31. The highest BCUT2D eigenvalue weighted by molar-refractivity contribution is 5.97. The predicted octanol–water partition coefficient (Wildman–Crippen LogP) is 2.89. The van der Waals surface area contributed by atoms with Crippen molar-refractivity contribution >= 4 is 22.9 Å². The summed E-state index contributed by atoms with van der Waals surface area (Å²) in [7, 11) is 0. The highest BCUT2D eigenvalue weighted by Crippen LogP contribution is 2.34. The fourth-order valence-electron chi connectivity index (χ4n) is 3.26. The lowest BCUT2D eigenvalue weighted by Gasteiger charge is -2.31. The van der Waals surface area contributed by atoms with Crippen LogP contribution in [-0.2, 0) is 4.79 Å². The van der Waals surface area contributed by atoms with Crippen molar-refractivity contribution in [2.45, 2.75) is 19.8 Å². The number of aromatic nitrogens is 3.